The first-order valence-electron chi connectivity index (χ1n) is 5.83. The second-order valence-electron chi connectivity index (χ2n) is 4.80. The highest BCUT2D eigenvalue weighted by Gasteiger charge is 2.24. The van der Waals surface area contributed by atoms with E-state index in [0.29, 0.717) is 11.5 Å². The van der Waals surface area contributed by atoms with Gasteiger partial charge in [-0.15, -0.1) is 0 Å². The molecule has 98 valence electrons. The maximum absolute atomic E-state index is 12.1. The van der Waals surface area contributed by atoms with Crippen molar-refractivity contribution < 1.29 is 13.2 Å². The van der Waals surface area contributed by atoms with E-state index in [1.165, 1.54) is 18.3 Å². The maximum atomic E-state index is 12.1. The minimum atomic E-state index is -3.31. The summed E-state index contributed by atoms with van der Waals surface area (Å²) in [4.78, 5) is 17.7. The predicted octanol–water partition coefficient (Wildman–Crippen LogP) is 0.967. The van der Waals surface area contributed by atoms with Crippen LogP contribution in [0, 0.1) is 5.92 Å². The third-order valence-electron chi connectivity index (χ3n) is 3.07. The zero-order chi connectivity index (χ0) is 13.3. The molecule has 1 fully saturated rings. The van der Waals surface area contributed by atoms with Gasteiger partial charge in [0.2, 0.25) is 0 Å². The molecule has 0 spiro atoms. The van der Waals surface area contributed by atoms with Crippen molar-refractivity contribution >= 4 is 15.7 Å². The molecule has 0 unspecified atom stereocenters. The first kappa shape index (κ1) is 13.0. The number of amides is 1. The Bertz CT molecular complexity index is 551. The molecule has 1 aromatic rings. The number of rotatable bonds is 2. The van der Waals surface area contributed by atoms with Gasteiger partial charge >= 0.3 is 0 Å². The van der Waals surface area contributed by atoms with Gasteiger partial charge in [0, 0.05) is 25.5 Å². The summed E-state index contributed by atoms with van der Waals surface area (Å²) in [5, 5.41) is -0.00570. The van der Waals surface area contributed by atoms with Crippen molar-refractivity contribution in [2.45, 2.75) is 18.4 Å². The molecule has 0 aromatic carbocycles. The largest absolute Gasteiger partial charge is 0.338 e. The molecule has 18 heavy (non-hydrogen) atoms. The maximum Gasteiger partial charge on any atom is 0.255 e. The Morgan fingerprint density at radius 3 is 2.61 bits per heavy atom. The van der Waals surface area contributed by atoms with Crippen LogP contribution in [-0.2, 0) is 9.84 Å². The third-order valence-corrected chi connectivity index (χ3v) is 4.08. The van der Waals surface area contributed by atoms with Gasteiger partial charge in [-0.1, -0.05) is 6.92 Å². The van der Waals surface area contributed by atoms with Crippen molar-refractivity contribution in [2.75, 3.05) is 19.3 Å². The Morgan fingerprint density at radius 2 is 2.17 bits per heavy atom. The number of carbonyl (C=O) groups excluding carboxylic acids is 1. The summed E-state index contributed by atoms with van der Waals surface area (Å²) in [6, 6.07) is 2.90. The molecule has 0 N–H and O–H groups in total. The normalized spacial score (nSPS) is 20.1. The Hall–Kier alpha value is -1.43. The molecular formula is C12H16N2O3S. The standard InChI is InChI=1S/C12H16N2O3S/c1-9-5-6-14(8-9)12(15)10-3-4-11(13-7-10)18(2,16)17/h3-4,7,9H,5-6,8H2,1-2H3/t9-/m1/s1. The highest BCUT2D eigenvalue weighted by Crippen LogP contribution is 2.18. The van der Waals surface area contributed by atoms with Crippen molar-refractivity contribution in [2.24, 2.45) is 5.92 Å². The smallest absolute Gasteiger partial charge is 0.255 e. The molecule has 1 aliphatic heterocycles. The van der Waals surface area contributed by atoms with E-state index in [1.807, 2.05) is 0 Å². The highest BCUT2D eigenvalue weighted by molar-refractivity contribution is 7.90. The molecule has 6 heteroatoms. The van der Waals surface area contributed by atoms with Crippen LogP contribution in [0.3, 0.4) is 0 Å². The molecule has 2 rings (SSSR count). The van der Waals surface area contributed by atoms with Gasteiger partial charge in [0.15, 0.2) is 14.9 Å². The molecule has 1 saturated heterocycles. The summed E-state index contributed by atoms with van der Waals surface area (Å²) < 4.78 is 22.5. The summed E-state index contributed by atoms with van der Waals surface area (Å²) in [6.45, 7) is 3.62. The number of sulfone groups is 1. The average Bonchev–Trinajstić information content (AvgIpc) is 2.74. The van der Waals surface area contributed by atoms with Crippen molar-refractivity contribution in [1.82, 2.24) is 9.88 Å². The van der Waals surface area contributed by atoms with Crippen LogP contribution in [-0.4, -0.2) is 43.6 Å². The highest BCUT2D eigenvalue weighted by atomic mass is 32.2. The van der Waals surface area contributed by atoms with Crippen molar-refractivity contribution in [1.29, 1.82) is 0 Å². The van der Waals surface area contributed by atoms with Gasteiger partial charge < -0.3 is 4.90 Å². The number of carbonyl (C=O) groups is 1. The second kappa shape index (κ2) is 4.68. The molecule has 0 aliphatic carbocycles. The predicted molar refractivity (Wildman–Crippen MR) is 67.0 cm³/mol. The van der Waals surface area contributed by atoms with Crippen LogP contribution in [0.15, 0.2) is 23.4 Å². The summed E-state index contributed by atoms with van der Waals surface area (Å²) in [5.74, 6) is 0.448. The monoisotopic (exact) mass is 268 g/mol. The average molecular weight is 268 g/mol. The van der Waals surface area contributed by atoms with E-state index in [1.54, 1.807) is 4.90 Å². The topological polar surface area (TPSA) is 67.3 Å². The summed E-state index contributed by atoms with van der Waals surface area (Å²) in [5.41, 5.74) is 0.441. The fraction of sp³-hybridized carbons (Fsp3) is 0.500. The lowest BCUT2D eigenvalue weighted by Gasteiger charge is -2.15. The van der Waals surface area contributed by atoms with E-state index in [4.69, 9.17) is 0 Å². The number of hydrogen-bond donors (Lipinski definition) is 0. The van der Waals surface area contributed by atoms with Gasteiger partial charge in [0.05, 0.1) is 5.56 Å². The minimum Gasteiger partial charge on any atom is -0.338 e. The second-order valence-corrected chi connectivity index (χ2v) is 6.76. The Kier molecular flexibility index (Phi) is 3.38. The van der Waals surface area contributed by atoms with Crippen molar-refractivity contribution in [3.05, 3.63) is 23.9 Å². The Balaban J connectivity index is 2.17. The number of likely N-dealkylation sites (tertiary alicyclic amines) is 1. The molecule has 1 amide bonds. The van der Waals surface area contributed by atoms with Gasteiger partial charge in [0.25, 0.3) is 5.91 Å². The van der Waals surface area contributed by atoms with Gasteiger partial charge in [-0.05, 0) is 24.5 Å². The molecule has 1 aliphatic rings. The fourth-order valence-corrected chi connectivity index (χ4v) is 2.59. The number of aromatic nitrogens is 1. The lowest BCUT2D eigenvalue weighted by molar-refractivity contribution is 0.0787. The van der Waals surface area contributed by atoms with Crippen molar-refractivity contribution in [3.8, 4) is 0 Å². The van der Waals surface area contributed by atoms with E-state index in [-0.39, 0.29) is 10.9 Å². The zero-order valence-electron chi connectivity index (χ0n) is 10.5. The van der Waals surface area contributed by atoms with E-state index >= 15 is 0 Å². The Labute approximate surface area is 107 Å². The number of nitrogens with zero attached hydrogens (tertiary/aromatic N) is 2. The lowest BCUT2D eigenvalue weighted by Crippen LogP contribution is -2.28. The quantitative estimate of drug-likeness (QED) is 0.801. The van der Waals surface area contributed by atoms with E-state index < -0.39 is 9.84 Å². The van der Waals surface area contributed by atoms with Crippen LogP contribution in [0.4, 0.5) is 0 Å². The molecular weight excluding hydrogens is 252 g/mol. The van der Waals surface area contributed by atoms with Gasteiger partial charge in [-0.3, -0.25) is 4.79 Å². The SMILES string of the molecule is C[C@@H]1CCN(C(=O)c2ccc(S(C)(=O)=O)nc2)C1. The van der Waals surface area contributed by atoms with E-state index in [2.05, 4.69) is 11.9 Å². The summed E-state index contributed by atoms with van der Waals surface area (Å²) in [6.07, 6.45) is 3.45. The molecule has 5 nitrogen and oxygen atoms in total. The van der Waals surface area contributed by atoms with Crippen LogP contribution < -0.4 is 0 Å². The van der Waals surface area contributed by atoms with Crippen LogP contribution in [0.2, 0.25) is 0 Å². The van der Waals surface area contributed by atoms with Crippen LogP contribution in [0.25, 0.3) is 0 Å². The van der Waals surface area contributed by atoms with Gasteiger partial charge in [-0.2, -0.15) is 0 Å². The minimum absolute atomic E-state index is 0.00570. The Morgan fingerprint density at radius 1 is 1.44 bits per heavy atom. The van der Waals surface area contributed by atoms with Crippen molar-refractivity contribution in [3.63, 3.8) is 0 Å². The number of pyridine rings is 1. The van der Waals surface area contributed by atoms with E-state index in [0.717, 1.165) is 25.8 Å². The molecule has 0 bridgehead atoms. The first-order chi connectivity index (χ1) is 8.38. The number of hydrogen-bond acceptors (Lipinski definition) is 4. The van der Waals surface area contributed by atoms with Gasteiger partial charge in [0.1, 0.15) is 0 Å². The summed E-state index contributed by atoms with van der Waals surface area (Å²) in [7, 11) is -3.31. The van der Waals surface area contributed by atoms with Gasteiger partial charge in [-0.25, -0.2) is 13.4 Å². The molecule has 1 atom stereocenters. The zero-order valence-corrected chi connectivity index (χ0v) is 11.3. The molecule has 2 heterocycles. The lowest BCUT2D eigenvalue weighted by atomic mass is 10.2. The first-order valence-corrected chi connectivity index (χ1v) is 7.72. The summed E-state index contributed by atoms with van der Waals surface area (Å²) >= 11 is 0. The third kappa shape index (κ3) is 2.69. The molecule has 0 saturated carbocycles. The van der Waals surface area contributed by atoms with Crippen LogP contribution in [0.5, 0.6) is 0 Å². The fourth-order valence-electron chi connectivity index (χ4n) is 2.03. The van der Waals surface area contributed by atoms with Crippen LogP contribution in [0.1, 0.15) is 23.7 Å². The molecule has 1 aromatic heterocycles. The van der Waals surface area contributed by atoms with E-state index in [9.17, 15) is 13.2 Å². The molecule has 0 radical (unpaired) electrons. The van der Waals surface area contributed by atoms with Crippen LogP contribution >= 0.6 is 0 Å².